The molecule has 0 bridgehead atoms. The molecule has 0 fully saturated rings. The van der Waals surface area contributed by atoms with Crippen molar-refractivity contribution in [2.75, 3.05) is 0 Å². The summed E-state index contributed by atoms with van der Waals surface area (Å²) in [5.41, 5.74) is 3.22. The first-order chi connectivity index (χ1) is 5.97. The molecule has 2 aliphatic rings. The van der Waals surface area contributed by atoms with Crippen LogP contribution in [0.15, 0.2) is 35.5 Å². The van der Waals surface area contributed by atoms with Gasteiger partial charge in [0.25, 0.3) is 0 Å². The van der Waals surface area contributed by atoms with Crippen molar-refractivity contribution >= 4 is 0 Å². The van der Waals surface area contributed by atoms with E-state index in [1.165, 1.54) is 32.1 Å². The molecule has 0 aromatic rings. The summed E-state index contributed by atoms with van der Waals surface area (Å²) in [6, 6.07) is 0. The normalized spacial score (nSPS) is 23.3. The van der Waals surface area contributed by atoms with Gasteiger partial charge < -0.3 is 0 Å². The van der Waals surface area contributed by atoms with Gasteiger partial charge in [-0.25, -0.2) is 0 Å². The van der Waals surface area contributed by atoms with Gasteiger partial charge >= 0.3 is 0 Å². The molecule has 0 saturated heterocycles. The zero-order chi connectivity index (χ0) is 8.23. The van der Waals surface area contributed by atoms with Crippen molar-refractivity contribution in [3.63, 3.8) is 0 Å². The maximum Gasteiger partial charge on any atom is -0.00978 e. The predicted octanol–water partition coefficient (Wildman–Crippen LogP) is 3.76. The molecule has 0 unspecified atom stereocenters. The molecule has 0 nitrogen and oxygen atoms in total. The first-order valence-corrected chi connectivity index (χ1v) is 5.00. The van der Waals surface area contributed by atoms with Gasteiger partial charge in [-0.2, -0.15) is 0 Å². The van der Waals surface area contributed by atoms with E-state index in [4.69, 9.17) is 0 Å². The fourth-order valence-corrected chi connectivity index (χ4v) is 1.99. The topological polar surface area (TPSA) is 0 Å². The van der Waals surface area contributed by atoms with E-state index < -0.39 is 0 Å². The monoisotopic (exact) mass is 160 g/mol. The molecule has 0 amide bonds. The molecule has 0 aromatic carbocycles. The van der Waals surface area contributed by atoms with Crippen LogP contribution in [0.25, 0.3) is 0 Å². The maximum absolute atomic E-state index is 2.44. The lowest BCUT2D eigenvalue weighted by molar-refractivity contribution is 0.702. The van der Waals surface area contributed by atoms with E-state index in [0.29, 0.717) is 0 Å². The molecule has 0 heterocycles. The Hall–Kier alpha value is -0.780. The summed E-state index contributed by atoms with van der Waals surface area (Å²) in [4.78, 5) is 0. The minimum atomic E-state index is 1.15. The van der Waals surface area contributed by atoms with E-state index in [-0.39, 0.29) is 0 Å². The summed E-state index contributed by atoms with van der Waals surface area (Å²) in [6.45, 7) is 0. The van der Waals surface area contributed by atoms with E-state index in [2.05, 4.69) is 24.3 Å². The zero-order valence-electron chi connectivity index (χ0n) is 7.55. The average molecular weight is 160 g/mol. The molecule has 64 valence electrons. The summed E-state index contributed by atoms with van der Waals surface area (Å²) >= 11 is 0. The van der Waals surface area contributed by atoms with E-state index in [9.17, 15) is 0 Å². The Morgan fingerprint density at radius 3 is 2.58 bits per heavy atom. The fraction of sp³-hybridized carbons (Fsp3) is 0.500. The Kier molecular flexibility index (Phi) is 2.45. The molecule has 0 radical (unpaired) electrons. The lowest BCUT2D eigenvalue weighted by atomic mass is 9.90. The lowest BCUT2D eigenvalue weighted by Crippen LogP contribution is -1.97. The maximum atomic E-state index is 2.44. The quantitative estimate of drug-likeness (QED) is 0.512. The Labute approximate surface area is 74.7 Å². The standard InChI is InChI=1S/C12H16/c1-3-7-11(8-4-1)12-9-5-2-6-10-12/h1,3,8-9H,2,4-7,10H2. The van der Waals surface area contributed by atoms with Crippen LogP contribution in [0, 0.1) is 0 Å². The predicted molar refractivity (Wildman–Crippen MR) is 53.0 cm³/mol. The molecule has 0 aliphatic heterocycles. The van der Waals surface area contributed by atoms with Crippen molar-refractivity contribution in [2.24, 2.45) is 0 Å². The molecular weight excluding hydrogens is 144 g/mol. The molecule has 0 aromatic heterocycles. The van der Waals surface area contributed by atoms with Gasteiger partial charge in [0.05, 0.1) is 0 Å². The largest absolute Gasteiger partial charge is 0.0844 e. The van der Waals surface area contributed by atoms with Gasteiger partial charge in [-0.3, -0.25) is 0 Å². The van der Waals surface area contributed by atoms with Gasteiger partial charge in [-0.1, -0.05) is 24.3 Å². The number of allylic oxidation sites excluding steroid dienone is 6. The molecule has 0 spiro atoms. The summed E-state index contributed by atoms with van der Waals surface area (Å²) in [7, 11) is 0. The highest BCUT2D eigenvalue weighted by molar-refractivity contribution is 5.35. The summed E-state index contributed by atoms with van der Waals surface area (Å²) in [5.74, 6) is 0. The average Bonchev–Trinajstić information content (AvgIpc) is 2.21. The Bertz CT molecular complexity index is 235. The summed E-state index contributed by atoms with van der Waals surface area (Å²) < 4.78 is 0. The van der Waals surface area contributed by atoms with Crippen molar-refractivity contribution in [1.82, 2.24) is 0 Å². The van der Waals surface area contributed by atoms with Crippen LogP contribution < -0.4 is 0 Å². The van der Waals surface area contributed by atoms with Crippen LogP contribution in [0.3, 0.4) is 0 Å². The van der Waals surface area contributed by atoms with Gasteiger partial charge in [0.1, 0.15) is 0 Å². The summed E-state index contributed by atoms with van der Waals surface area (Å²) in [6.07, 6.45) is 17.1. The van der Waals surface area contributed by atoms with E-state index in [0.717, 1.165) is 6.42 Å². The van der Waals surface area contributed by atoms with E-state index >= 15 is 0 Å². The third-order valence-electron chi connectivity index (χ3n) is 2.71. The van der Waals surface area contributed by atoms with Crippen molar-refractivity contribution in [3.8, 4) is 0 Å². The van der Waals surface area contributed by atoms with Crippen molar-refractivity contribution in [1.29, 1.82) is 0 Å². The van der Waals surface area contributed by atoms with Crippen molar-refractivity contribution in [3.05, 3.63) is 35.5 Å². The Balaban J connectivity index is 2.07. The molecule has 12 heavy (non-hydrogen) atoms. The number of rotatable bonds is 1. The highest BCUT2D eigenvalue weighted by Gasteiger charge is 2.08. The molecule has 0 saturated carbocycles. The first-order valence-electron chi connectivity index (χ1n) is 5.00. The van der Waals surface area contributed by atoms with Gasteiger partial charge in [-0.15, -0.1) is 0 Å². The SMILES string of the molecule is C1=CCC(C2=CCCCC2)=CC1. The molecule has 0 N–H and O–H groups in total. The van der Waals surface area contributed by atoms with Gasteiger partial charge in [0.15, 0.2) is 0 Å². The third-order valence-corrected chi connectivity index (χ3v) is 2.71. The second kappa shape index (κ2) is 3.75. The highest BCUT2D eigenvalue weighted by atomic mass is 14.1. The van der Waals surface area contributed by atoms with Gasteiger partial charge in [0, 0.05) is 0 Å². The minimum absolute atomic E-state index is 1.15. The van der Waals surface area contributed by atoms with Crippen LogP contribution in [-0.4, -0.2) is 0 Å². The first kappa shape index (κ1) is 7.85. The molecular formula is C12H16. The van der Waals surface area contributed by atoms with Crippen molar-refractivity contribution in [2.45, 2.75) is 38.5 Å². The zero-order valence-corrected chi connectivity index (χ0v) is 7.55. The van der Waals surface area contributed by atoms with Crippen LogP contribution in [0.5, 0.6) is 0 Å². The van der Waals surface area contributed by atoms with E-state index in [1.807, 2.05) is 0 Å². The van der Waals surface area contributed by atoms with Gasteiger partial charge in [0.2, 0.25) is 0 Å². The molecule has 2 rings (SSSR count). The van der Waals surface area contributed by atoms with Crippen LogP contribution in [0.2, 0.25) is 0 Å². The van der Waals surface area contributed by atoms with Crippen LogP contribution in [0.4, 0.5) is 0 Å². The van der Waals surface area contributed by atoms with Crippen LogP contribution >= 0.6 is 0 Å². The minimum Gasteiger partial charge on any atom is -0.0844 e. The second-order valence-electron chi connectivity index (χ2n) is 3.62. The summed E-state index contributed by atoms with van der Waals surface area (Å²) in [5, 5.41) is 0. The second-order valence-corrected chi connectivity index (χ2v) is 3.62. The van der Waals surface area contributed by atoms with E-state index in [1.54, 1.807) is 11.1 Å². The van der Waals surface area contributed by atoms with Crippen LogP contribution in [-0.2, 0) is 0 Å². The van der Waals surface area contributed by atoms with Crippen molar-refractivity contribution < 1.29 is 0 Å². The Morgan fingerprint density at radius 2 is 1.92 bits per heavy atom. The third kappa shape index (κ3) is 1.69. The van der Waals surface area contributed by atoms with Gasteiger partial charge in [-0.05, 0) is 49.7 Å². The highest BCUT2D eigenvalue weighted by Crippen LogP contribution is 2.27. The lowest BCUT2D eigenvalue weighted by Gasteiger charge is -2.16. The Morgan fingerprint density at radius 1 is 0.917 bits per heavy atom. The molecule has 0 heteroatoms. The van der Waals surface area contributed by atoms with Crippen LogP contribution in [0.1, 0.15) is 38.5 Å². The smallest absolute Gasteiger partial charge is 0.00978 e. The number of hydrogen-bond donors (Lipinski definition) is 0. The molecule has 0 atom stereocenters. The molecule has 2 aliphatic carbocycles. The number of hydrogen-bond acceptors (Lipinski definition) is 0. The fourth-order valence-electron chi connectivity index (χ4n) is 1.99.